The van der Waals surface area contributed by atoms with Crippen LogP contribution in [0.3, 0.4) is 0 Å². The smallest absolute Gasteiger partial charge is 0.251 e. The molecule has 1 aromatic heterocycles. The number of nitrogens with zero attached hydrogens (tertiary/aromatic N) is 1. The number of rotatable bonds is 4. The Balaban J connectivity index is 2.03. The van der Waals surface area contributed by atoms with Gasteiger partial charge in [0.1, 0.15) is 5.15 Å². The minimum atomic E-state index is -0.0481. The van der Waals surface area contributed by atoms with E-state index in [1.165, 1.54) is 32.1 Å². The summed E-state index contributed by atoms with van der Waals surface area (Å²) in [6.45, 7) is 7.10. The molecule has 0 spiro atoms. The van der Waals surface area contributed by atoms with Crippen molar-refractivity contribution < 1.29 is 4.79 Å². The van der Waals surface area contributed by atoms with E-state index >= 15 is 0 Å². The molecule has 1 aliphatic carbocycles. The van der Waals surface area contributed by atoms with Gasteiger partial charge >= 0.3 is 0 Å². The summed E-state index contributed by atoms with van der Waals surface area (Å²) in [6.07, 6.45) is 6.25. The molecule has 1 aromatic rings. The standard InChI is InChI=1S/C17H25ClN2O/c1-12(2)14-9-13(10-15(18)20-14)16(21)19-11-17(3)7-5-4-6-8-17/h9-10,12H,4-8,11H2,1-3H3,(H,19,21). The first-order valence-electron chi connectivity index (χ1n) is 7.85. The highest BCUT2D eigenvalue weighted by Crippen LogP contribution is 2.35. The highest BCUT2D eigenvalue weighted by atomic mass is 35.5. The molecule has 1 fully saturated rings. The maximum atomic E-state index is 12.4. The van der Waals surface area contributed by atoms with Crippen molar-refractivity contribution in [2.24, 2.45) is 5.41 Å². The SMILES string of the molecule is CC(C)c1cc(C(=O)NCC2(C)CCCCC2)cc(Cl)n1. The van der Waals surface area contributed by atoms with Crippen molar-refractivity contribution in [1.82, 2.24) is 10.3 Å². The molecule has 1 heterocycles. The fourth-order valence-electron chi connectivity index (χ4n) is 2.92. The number of amides is 1. The van der Waals surface area contributed by atoms with Crippen LogP contribution < -0.4 is 5.32 Å². The fourth-order valence-corrected chi connectivity index (χ4v) is 3.14. The average molecular weight is 309 g/mol. The molecule has 1 N–H and O–H groups in total. The van der Waals surface area contributed by atoms with Gasteiger partial charge in [-0.1, -0.05) is 51.6 Å². The topological polar surface area (TPSA) is 42.0 Å². The van der Waals surface area contributed by atoms with Crippen molar-refractivity contribution in [1.29, 1.82) is 0 Å². The molecule has 116 valence electrons. The second-order valence-corrected chi connectivity index (χ2v) is 7.20. The van der Waals surface area contributed by atoms with E-state index in [-0.39, 0.29) is 17.2 Å². The van der Waals surface area contributed by atoms with Crippen molar-refractivity contribution in [3.8, 4) is 0 Å². The van der Waals surface area contributed by atoms with Crippen LogP contribution in [0.15, 0.2) is 12.1 Å². The predicted octanol–water partition coefficient (Wildman–Crippen LogP) is 4.56. The minimum Gasteiger partial charge on any atom is -0.351 e. The molecule has 0 atom stereocenters. The largest absolute Gasteiger partial charge is 0.351 e. The van der Waals surface area contributed by atoms with Gasteiger partial charge in [0.15, 0.2) is 0 Å². The Morgan fingerprint density at radius 3 is 2.62 bits per heavy atom. The van der Waals surface area contributed by atoms with Gasteiger partial charge in [-0.15, -0.1) is 0 Å². The summed E-state index contributed by atoms with van der Waals surface area (Å²) in [5, 5.41) is 3.46. The van der Waals surface area contributed by atoms with Crippen molar-refractivity contribution in [3.63, 3.8) is 0 Å². The molecule has 0 unspecified atom stereocenters. The van der Waals surface area contributed by atoms with Crippen LogP contribution in [0.5, 0.6) is 0 Å². The Morgan fingerprint density at radius 1 is 1.33 bits per heavy atom. The van der Waals surface area contributed by atoms with Crippen LogP contribution in [-0.4, -0.2) is 17.4 Å². The van der Waals surface area contributed by atoms with Gasteiger partial charge in [-0.2, -0.15) is 0 Å². The molecule has 4 heteroatoms. The van der Waals surface area contributed by atoms with Crippen LogP contribution >= 0.6 is 11.6 Å². The Kier molecular flexibility index (Phi) is 5.26. The number of aromatic nitrogens is 1. The molecule has 1 aliphatic rings. The molecule has 2 rings (SSSR count). The van der Waals surface area contributed by atoms with Crippen LogP contribution in [0.25, 0.3) is 0 Å². The van der Waals surface area contributed by atoms with E-state index in [2.05, 4.69) is 17.2 Å². The molecule has 0 saturated heterocycles. The van der Waals surface area contributed by atoms with Crippen LogP contribution in [0.2, 0.25) is 5.15 Å². The summed E-state index contributed by atoms with van der Waals surface area (Å²) >= 11 is 6.02. The Bertz CT molecular complexity index is 508. The fraction of sp³-hybridized carbons (Fsp3) is 0.647. The second-order valence-electron chi connectivity index (χ2n) is 6.81. The third-order valence-electron chi connectivity index (χ3n) is 4.40. The van der Waals surface area contributed by atoms with E-state index in [1.807, 2.05) is 19.9 Å². The van der Waals surface area contributed by atoms with Crippen LogP contribution in [0, 0.1) is 5.41 Å². The van der Waals surface area contributed by atoms with Gasteiger partial charge in [0, 0.05) is 17.8 Å². The Labute approximate surface area is 132 Å². The van der Waals surface area contributed by atoms with Crippen molar-refractivity contribution in [3.05, 3.63) is 28.5 Å². The van der Waals surface area contributed by atoms with E-state index in [0.29, 0.717) is 10.7 Å². The molecule has 1 amide bonds. The third-order valence-corrected chi connectivity index (χ3v) is 4.60. The second kappa shape index (κ2) is 6.78. The first kappa shape index (κ1) is 16.3. The van der Waals surface area contributed by atoms with E-state index in [1.54, 1.807) is 6.07 Å². The average Bonchev–Trinajstić information content (AvgIpc) is 2.45. The lowest BCUT2D eigenvalue weighted by Crippen LogP contribution is -2.37. The number of halogens is 1. The van der Waals surface area contributed by atoms with Crippen molar-refractivity contribution in [2.75, 3.05) is 6.54 Å². The zero-order chi connectivity index (χ0) is 15.5. The van der Waals surface area contributed by atoms with E-state index < -0.39 is 0 Å². The number of hydrogen-bond donors (Lipinski definition) is 1. The lowest BCUT2D eigenvalue weighted by Gasteiger charge is -2.33. The molecule has 0 aliphatic heterocycles. The predicted molar refractivity (Wildman–Crippen MR) is 86.9 cm³/mol. The monoisotopic (exact) mass is 308 g/mol. The lowest BCUT2D eigenvalue weighted by atomic mass is 9.76. The molecule has 3 nitrogen and oxygen atoms in total. The zero-order valence-corrected chi connectivity index (χ0v) is 14.0. The summed E-state index contributed by atoms with van der Waals surface area (Å²) in [6, 6.07) is 3.49. The van der Waals surface area contributed by atoms with Gasteiger partial charge in [-0.05, 0) is 36.3 Å². The van der Waals surface area contributed by atoms with Gasteiger partial charge in [-0.25, -0.2) is 4.98 Å². The van der Waals surface area contributed by atoms with E-state index in [0.717, 1.165) is 12.2 Å². The summed E-state index contributed by atoms with van der Waals surface area (Å²) in [5.74, 6) is 0.208. The summed E-state index contributed by atoms with van der Waals surface area (Å²) in [5.41, 5.74) is 1.71. The normalized spacial score (nSPS) is 17.8. The summed E-state index contributed by atoms with van der Waals surface area (Å²) in [7, 11) is 0. The van der Waals surface area contributed by atoms with Gasteiger partial charge in [0.2, 0.25) is 0 Å². The Morgan fingerprint density at radius 2 is 2.00 bits per heavy atom. The number of nitrogens with one attached hydrogen (secondary N) is 1. The number of pyridine rings is 1. The highest BCUT2D eigenvalue weighted by molar-refractivity contribution is 6.29. The zero-order valence-electron chi connectivity index (χ0n) is 13.2. The first-order chi connectivity index (χ1) is 9.89. The lowest BCUT2D eigenvalue weighted by molar-refractivity contribution is 0.0919. The molecule has 0 radical (unpaired) electrons. The summed E-state index contributed by atoms with van der Waals surface area (Å²) < 4.78 is 0. The number of carbonyl (C=O) groups is 1. The number of hydrogen-bond acceptors (Lipinski definition) is 2. The molecular formula is C17H25ClN2O. The van der Waals surface area contributed by atoms with Gasteiger partial charge in [-0.3, -0.25) is 4.79 Å². The quantitative estimate of drug-likeness (QED) is 0.829. The molecule has 21 heavy (non-hydrogen) atoms. The number of carbonyl (C=O) groups excluding carboxylic acids is 1. The molecule has 0 bridgehead atoms. The maximum Gasteiger partial charge on any atom is 0.251 e. The van der Waals surface area contributed by atoms with Crippen LogP contribution in [-0.2, 0) is 0 Å². The van der Waals surface area contributed by atoms with Crippen LogP contribution in [0.1, 0.15) is 74.8 Å². The molecule has 1 saturated carbocycles. The third kappa shape index (κ3) is 4.44. The highest BCUT2D eigenvalue weighted by Gasteiger charge is 2.27. The van der Waals surface area contributed by atoms with Crippen molar-refractivity contribution >= 4 is 17.5 Å². The molecular weight excluding hydrogens is 284 g/mol. The molecule has 0 aromatic carbocycles. The van der Waals surface area contributed by atoms with Gasteiger partial charge < -0.3 is 5.32 Å². The van der Waals surface area contributed by atoms with Crippen LogP contribution in [0.4, 0.5) is 0 Å². The first-order valence-corrected chi connectivity index (χ1v) is 8.23. The minimum absolute atomic E-state index is 0.0481. The van der Waals surface area contributed by atoms with Gasteiger partial charge in [0.05, 0.1) is 0 Å². The van der Waals surface area contributed by atoms with E-state index in [9.17, 15) is 4.79 Å². The van der Waals surface area contributed by atoms with Gasteiger partial charge in [0.25, 0.3) is 5.91 Å². The summed E-state index contributed by atoms with van der Waals surface area (Å²) in [4.78, 5) is 16.6. The maximum absolute atomic E-state index is 12.4. The Hall–Kier alpha value is -1.09. The van der Waals surface area contributed by atoms with E-state index in [4.69, 9.17) is 11.6 Å². The van der Waals surface area contributed by atoms with Crippen molar-refractivity contribution in [2.45, 2.75) is 58.8 Å².